The van der Waals surface area contributed by atoms with E-state index in [4.69, 9.17) is 4.74 Å². The van der Waals surface area contributed by atoms with Gasteiger partial charge in [0.05, 0.1) is 11.7 Å². The lowest BCUT2D eigenvalue weighted by Crippen LogP contribution is -2.42. The topological polar surface area (TPSA) is 32.7 Å². The highest BCUT2D eigenvalue weighted by Crippen LogP contribution is 2.43. The van der Waals surface area contributed by atoms with Gasteiger partial charge in [0, 0.05) is 13.2 Å². The van der Waals surface area contributed by atoms with Crippen LogP contribution in [-0.4, -0.2) is 48.0 Å². The summed E-state index contributed by atoms with van der Waals surface area (Å²) in [6.45, 7) is 8.43. The average Bonchev–Trinajstić information content (AvgIpc) is 2.87. The van der Waals surface area contributed by atoms with E-state index >= 15 is 0 Å². The zero-order valence-corrected chi connectivity index (χ0v) is 12.7. The third-order valence-electron chi connectivity index (χ3n) is 5.23. The second kappa shape index (κ2) is 7.05. The van der Waals surface area contributed by atoms with Gasteiger partial charge in [0.15, 0.2) is 0 Å². The summed E-state index contributed by atoms with van der Waals surface area (Å²) in [6.07, 6.45) is 7.96. The Bertz CT molecular complexity index is 259. The maximum atomic E-state index is 10.5. The van der Waals surface area contributed by atoms with Crippen molar-refractivity contribution in [3.63, 3.8) is 0 Å². The maximum Gasteiger partial charge on any atom is 0.0686 e. The molecule has 0 aromatic carbocycles. The molecule has 3 heteroatoms. The van der Waals surface area contributed by atoms with E-state index < -0.39 is 0 Å². The molecule has 2 rings (SSSR count). The fraction of sp³-hybridized carbons (Fsp3) is 1.00. The van der Waals surface area contributed by atoms with Gasteiger partial charge < -0.3 is 14.7 Å². The quantitative estimate of drug-likeness (QED) is 0.805. The lowest BCUT2D eigenvalue weighted by atomic mass is 9.81. The number of aliphatic hydroxyl groups is 1. The molecule has 1 heterocycles. The number of aliphatic hydroxyl groups excluding tert-OH is 1. The van der Waals surface area contributed by atoms with E-state index in [0.29, 0.717) is 5.92 Å². The highest BCUT2D eigenvalue weighted by Gasteiger charge is 2.41. The highest BCUT2D eigenvalue weighted by molar-refractivity contribution is 4.92. The summed E-state index contributed by atoms with van der Waals surface area (Å²) in [7, 11) is 0. The summed E-state index contributed by atoms with van der Waals surface area (Å²) in [5.74, 6) is 0.461. The molecule has 2 atom stereocenters. The average molecular weight is 269 g/mol. The molecule has 3 nitrogen and oxygen atoms in total. The molecule has 1 N–H and O–H groups in total. The van der Waals surface area contributed by atoms with Crippen molar-refractivity contribution in [1.29, 1.82) is 0 Å². The zero-order chi connectivity index (χ0) is 13.7. The van der Waals surface area contributed by atoms with Crippen LogP contribution < -0.4 is 0 Å². The first-order chi connectivity index (χ1) is 9.19. The van der Waals surface area contributed by atoms with Crippen LogP contribution in [0.15, 0.2) is 0 Å². The number of hydrogen-bond donors (Lipinski definition) is 1. The first kappa shape index (κ1) is 15.3. The molecular weight excluding hydrogens is 238 g/mol. The second-order valence-electron chi connectivity index (χ2n) is 6.37. The normalized spacial score (nSPS) is 28.1. The van der Waals surface area contributed by atoms with Crippen LogP contribution in [0.25, 0.3) is 0 Å². The van der Waals surface area contributed by atoms with Crippen molar-refractivity contribution in [2.45, 2.75) is 70.5 Å². The van der Waals surface area contributed by atoms with Crippen molar-refractivity contribution >= 4 is 0 Å². The number of hydrogen-bond acceptors (Lipinski definition) is 3. The summed E-state index contributed by atoms with van der Waals surface area (Å²) in [4.78, 5) is 2.40. The van der Waals surface area contributed by atoms with E-state index in [9.17, 15) is 5.11 Å². The second-order valence-corrected chi connectivity index (χ2v) is 6.37. The Morgan fingerprint density at radius 3 is 2.58 bits per heavy atom. The van der Waals surface area contributed by atoms with E-state index in [1.807, 2.05) is 0 Å². The Hall–Kier alpha value is -0.120. The van der Waals surface area contributed by atoms with Gasteiger partial charge in [-0.15, -0.1) is 0 Å². The third-order valence-corrected chi connectivity index (χ3v) is 5.23. The van der Waals surface area contributed by atoms with E-state index in [0.717, 1.165) is 45.5 Å². The Morgan fingerprint density at radius 1 is 1.26 bits per heavy atom. The summed E-state index contributed by atoms with van der Waals surface area (Å²) in [5.41, 5.74) is 0.138. The van der Waals surface area contributed by atoms with Crippen LogP contribution in [0.1, 0.15) is 58.8 Å². The highest BCUT2D eigenvalue weighted by atomic mass is 16.5. The predicted octanol–water partition coefficient (Wildman–Crippen LogP) is 2.82. The summed E-state index contributed by atoms with van der Waals surface area (Å²) in [5, 5.41) is 10.5. The lowest BCUT2D eigenvalue weighted by molar-refractivity contribution is -0.113. The van der Waals surface area contributed by atoms with Crippen LogP contribution in [0.3, 0.4) is 0 Å². The number of rotatable bonds is 6. The van der Waals surface area contributed by atoms with Crippen LogP contribution in [0.4, 0.5) is 0 Å². The van der Waals surface area contributed by atoms with Crippen molar-refractivity contribution in [2.24, 2.45) is 5.92 Å². The smallest absolute Gasteiger partial charge is 0.0686 e. The third kappa shape index (κ3) is 3.93. The van der Waals surface area contributed by atoms with Gasteiger partial charge in [-0.25, -0.2) is 0 Å². The Kier molecular flexibility index (Phi) is 5.67. The lowest BCUT2D eigenvalue weighted by Gasteiger charge is -2.40. The molecule has 2 unspecified atom stereocenters. The van der Waals surface area contributed by atoms with E-state index in [-0.39, 0.29) is 11.7 Å². The predicted molar refractivity (Wildman–Crippen MR) is 78.3 cm³/mol. The molecule has 2 aliphatic rings. The number of nitrogens with zero attached hydrogens (tertiary/aromatic N) is 1. The van der Waals surface area contributed by atoms with Gasteiger partial charge in [0.2, 0.25) is 0 Å². The van der Waals surface area contributed by atoms with Crippen LogP contribution in [0.5, 0.6) is 0 Å². The molecule has 1 saturated heterocycles. The molecule has 0 amide bonds. The monoisotopic (exact) mass is 269 g/mol. The number of ether oxygens (including phenoxy) is 1. The molecule has 1 spiro atoms. The molecule has 0 radical (unpaired) electrons. The van der Waals surface area contributed by atoms with Crippen LogP contribution in [0.2, 0.25) is 0 Å². The minimum atomic E-state index is -0.137. The minimum Gasteiger partial charge on any atom is -0.393 e. The largest absolute Gasteiger partial charge is 0.393 e. The maximum absolute atomic E-state index is 10.5. The van der Waals surface area contributed by atoms with Gasteiger partial charge in [0.1, 0.15) is 0 Å². The van der Waals surface area contributed by atoms with Crippen LogP contribution in [0, 0.1) is 5.92 Å². The van der Waals surface area contributed by atoms with E-state index in [1.54, 1.807) is 0 Å². The van der Waals surface area contributed by atoms with Gasteiger partial charge in [-0.3, -0.25) is 0 Å². The van der Waals surface area contributed by atoms with Gasteiger partial charge in [-0.2, -0.15) is 0 Å². The Balaban J connectivity index is 1.80. The SMILES string of the molecule is CCN(CC)CCC(O)C1CCOC2(CCCC2)C1. The van der Waals surface area contributed by atoms with Crippen molar-refractivity contribution in [2.75, 3.05) is 26.2 Å². The fourth-order valence-corrected chi connectivity index (χ4v) is 3.85. The summed E-state index contributed by atoms with van der Waals surface area (Å²) >= 11 is 0. The summed E-state index contributed by atoms with van der Waals surface area (Å²) in [6, 6.07) is 0. The molecule has 1 aliphatic heterocycles. The van der Waals surface area contributed by atoms with E-state index in [2.05, 4.69) is 18.7 Å². The summed E-state index contributed by atoms with van der Waals surface area (Å²) < 4.78 is 6.05. The molecule has 2 fully saturated rings. The molecule has 1 saturated carbocycles. The first-order valence-electron chi connectivity index (χ1n) is 8.23. The van der Waals surface area contributed by atoms with Crippen LogP contribution in [-0.2, 0) is 4.74 Å². The fourth-order valence-electron chi connectivity index (χ4n) is 3.85. The van der Waals surface area contributed by atoms with Crippen molar-refractivity contribution in [1.82, 2.24) is 4.90 Å². The van der Waals surface area contributed by atoms with Gasteiger partial charge in [-0.05, 0) is 51.1 Å². The standard InChI is InChI=1S/C16H31NO2/c1-3-17(4-2)11-7-15(18)14-8-12-19-16(13-14)9-5-6-10-16/h14-15,18H,3-13H2,1-2H3. The molecule has 0 bridgehead atoms. The van der Waals surface area contributed by atoms with Crippen molar-refractivity contribution in [3.8, 4) is 0 Å². The van der Waals surface area contributed by atoms with E-state index in [1.165, 1.54) is 25.7 Å². The zero-order valence-electron chi connectivity index (χ0n) is 12.7. The molecule has 0 aromatic rings. The molecule has 1 aliphatic carbocycles. The van der Waals surface area contributed by atoms with Gasteiger partial charge >= 0.3 is 0 Å². The first-order valence-corrected chi connectivity index (χ1v) is 8.23. The minimum absolute atomic E-state index is 0.137. The Morgan fingerprint density at radius 2 is 1.95 bits per heavy atom. The van der Waals surface area contributed by atoms with Crippen LogP contribution >= 0.6 is 0 Å². The Labute approximate surface area is 118 Å². The molecule has 0 aromatic heterocycles. The molecule has 19 heavy (non-hydrogen) atoms. The van der Waals surface area contributed by atoms with Gasteiger partial charge in [0.25, 0.3) is 0 Å². The van der Waals surface area contributed by atoms with Crippen molar-refractivity contribution in [3.05, 3.63) is 0 Å². The molecular formula is C16H31NO2. The van der Waals surface area contributed by atoms with Crippen molar-refractivity contribution < 1.29 is 9.84 Å². The molecule has 112 valence electrons. The van der Waals surface area contributed by atoms with Gasteiger partial charge in [-0.1, -0.05) is 26.7 Å².